The van der Waals surface area contributed by atoms with Crippen LogP contribution in [-0.2, 0) is 9.59 Å². The van der Waals surface area contributed by atoms with Crippen LogP contribution < -0.4 is 10.6 Å². The Balaban J connectivity index is 1.92. The quantitative estimate of drug-likeness (QED) is 0.806. The van der Waals surface area contributed by atoms with Crippen LogP contribution >= 0.6 is 0 Å². The first-order chi connectivity index (χ1) is 10.6. The first-order valence-electron chi connectivity index (χ1n) is 6.79. The van der Waals surface area contributed by atoms with Crippen LogP contribution in [0.4, 0.5) is 5.82 Å². The number of nitrogens with zero attached hydrogens (tertiary/aromatic N) is 2. The first-order valence-corrected chi connectivity index (χ1v) is 6.79. The third-order valence-corrected chi connectivity index (χ3v) is 3.15. The molecule has 116 valence electrons. The summed E-state index contributed by atoms with van der Waals surface area (Å²) in [7, 11) is 3.83. The largest absolute Gasteiger partial charge is 0.363 e. The van der Waals surface area contributed by atoms with E-state index in [4.69, 9.17) is 0 Å². The van der Waals surface area contributed by atoms with E-state index in [1.165, 1.54) is 12.3 Å². The van der Waals surface area contributed by atoms with E-state index in [1.807, 2.05) is 49.3 Å². The number of hydrogen-bond acceptors (Lipinski definition) is 5. The lowest BCUT2D eigenvalue weighted by atomic mass is 10.1. The Morgan fingerprint density at radius 1 is 1.18 bits per heavy atom. The summed E-state index contributed by atoms with van der Waals surface area (Å²) in [6, 6.07) is 11.2. The van der Waals surface area contributed by atoms with E-state index in [2.05, 4.69) is 20.3 Å². The van der Waals surface area contributed by atoms with E-state index in [9.17, 15) is 9.59 Å². The lowest BCUT2D eigenvalue weighted by Gasteiger charge is -2.24. The molecular weight excluding hydrogens is 284 g/mol. The van der Waals surface area contributed by atoms with Crippen molar-refractivity contribution >= 4 is 17.6 Å². The van der Waals surface area contributed by atoms with Crippen molar-refractivity contribution < 1.29 is 14.1 Å². The van der Waals surface area contributed by atoms with Gasteiger partial charge in [-0.05, 0) is 19.7 Å². The fourth-order valence-corrected chi connectivity index (χ4v) is 1.99. The monoisotopic (exact) mass is 302 g/mol. The van der Waals surface area contributed by atoms with Gasteiger partial charge in [0.15, 0.2) is 5.82 Å². The van der Waals surface area contributed by atoms with Crippen molar-refractivity contribution in [1.29, 1.82) is 0 Å². The fraction of sp³-hybridized carbons (Fsp3) is 0.267. The van der Waals surface area contributed by atoms with Gasteiger partial charge in [-0.2, -0.15) is 0 Å². The Bertz CT molecular complexity index is 611. The van der Waals surface area contributed by atoms with Crippen LogP contribution in [0.1, 0.15) is 11.6 Å². The second-order valence-electron chi connectivity index (χ2n) is 4.94. The summed E-state index contributed by atoms with van der Waals surface area (Å²) < 4.78 is 4.58. The van der Waals surface area contributed by atoms with Crippen molar-refractivity contribution in [2.24, 2.45) is 0 Å². The van der Waals surface area contributed by atoms with Crippen LogP contribution in [0, 0.1) is 0 Å². The molecular formula is C15H18N4O3. The molecule has 0 unspecified atom stereocenters. The van der Waals surface area contributed by atoms with Gasteiger partial charge in [-0.1, -0.05) is 35.5 Å². The summed E-state index contributed by atoms with van der Waals surface area (Å²) >= 11 is 0. The smallest absolute Gasteiger partial charge is 0.314 e. The minimum atomic E-state index is -0.778. The Labute approximate surface area is 128 Å². The van der Waals surface area contributed by atoms with Gasteiger partial charge in [0.05, 0.1) is 6.04 Å². The molecule has 2 amide bonds. The van der Waals surface area contributed by atoms with Gasteiger partial charge in [-0.25, -0.2) is 0 Å². The zero-order valence-corrected chi connectivity index (χ0v) is 12.4. The Kier molecular flexibility index (Phi) is 5.26. The number of rotatable bonds is 5. The molecule has 0 aliphatic carbocycles. The van der Waals surface area contributed by atoms with E-state index in [-0.39, 0.29) is 11.9 Å². The highest BCUT2D eigenvalue weighted by atomic mass is 16.5. The van der Waals surface area contributed by atoms with Crippen LogP contribution in [0.3, 0.4) is 0 Å². The van der Waals surface area contributed by atoms with E-state index >= 15 is 0 Å². The molecule has 1 aromatic carbocycles. The van der Waals surface area contributed by atoms with Crippen molar-refractivity contribution in [3.63, 3.8) is 0 Å². The molecule has 1 heterocycles. The number of carbonyl (C=O) groups is 2. The molecule has 0 aliphatic rings. The predicted octanol–water partition coefficient (Wildman–Crippen LogP) is 1.03. The van der Waals surface area contributed by atoms with Gasteiger partial charge in [0.25, 0.3) is 0 Å². The summed E-state index contributed by atoms with van der Waals surface area (Å²) in [4.78, 5) is 25.5. The molecule has 2 rings (SSSR count). The summed E-state index contributed by atoms with van der Waals surface area (Å²) in [5, 5.41) is 8.48. The zero-order valence-electron chi connectivity index (χ0n) is 12.4. The third-order valence-electron chi connectivity index (χ3n) is 3.15. The summed E-state index contributed by atoms with van der Waals surface area (Å²) in [6.07, 6.45) is 1.31. The van der Waals surface area contributed by atoms with Gasteiger partial charge in [0.2, 0.25) is 0 Å². The Morgan fingerprint density at radius 2 is 1.91 bits per heavy atom. The number of hydrogen-bond donors (Lipinski definition) is 2. The molecule has 1 atom stereocenters. The molecule has 0 spiro atoms. The van der Waals surface area contributed by atoms with Gasteiger partial charge < -0.3 is 14.7 Å². The number of amides is 2. The van der Waals surface area contributed by atoms with Crippen LogP contribution in [0.15, 0.2) is 47.2 Å². The van der Waals surface area contributed by atoms with Crippen molar-refractivity contribution in [3.05, 3.63) is 48.2 Å². The SMILES string of the molecule is CN(C)[C@@H](CNC(=O)C(=O)Nc1ccon1)c1ccccc1. The van der Waals surface area contributed by atoms with Crippen molar-refractivity contribution in [2.75, 3.05) is 26.0 Å². The summed E-state index contributed by atoms with van der Waals surface area (Å²) in [5.41, 5.74) is 1.06. The van der Waals surface area contributed by atoms with E-state index in [0.717, 1.165) is 5.56 Å². The number of anilines is 1. The molecule has 0 radical (unpaired) electrons. The van der Waals surface area contributed by atoms with Crippen molar-refractivity contribution in [1.82, 2.24) is 15.4 Å². The Morgan fingerprint density at radius 3 is 2.50 bits per heavy atom. The lowest BCUT2D eigenvalue weighted by Crippen LogP contribution is -2.40. The molecule has 0 aliphatic heterocycles. The van der Waals surface area contributed by atoms with Gasteiger partial charge in [0, 0.05) is 12.6 Å². The number of benzene rings is 1. The molecule has 22 heavy (non-hydrogen) atoms. The summed E-state index contributed by atoms with van der Waals surface area (Å²) in [5.74, 6) is -1.29. The molecule has 7 nitrogen and oxygen atoms in total. The topological polar surface area (TPSA) is 87.5 Å². The second-order valence-corrected chi connectivity index (χ2v) is 4.94. The normalized spacial score (nSPS) is 12.0. The zero-order chi connectivity index (χ0) is 15.9. The van der Waals surface area contributed by atoms with Crippen molar-refractivity contribution in [3.8, 4) is 0 Å². The number of carbonyl (C=O) groups excluding carboxylic acids is 2. The van der Waals surface area contributed by atoms with Gasteiger partial charge in [-0.3, -0.25) is 14.9 Å². The molecule has 7 heteroatoms. The molecule has 2 aromatic rings. The van der Waals surface area contributed by atoms with E-state index in [1.54, 1.807) is 0 Å². The van der Waals surface area contributed by atoms with Gasteiger partial charge in [0.1, 0.15) is 6.26 Å². The molecule has 2 N–H and O–H groups in total. The minimum Gasteiger partial charge on any atom is -0.363 e. The molecule has 0 fully saturated rings. The summed E-state index contributed by atoms with van der Waals surface area (Å²) in [6.45, 7) is 0.322. The van der Waals surface area contributed by atoms with Crippen LogP contribution in [0.2, 0.25) is 0 Å². The van der Waals surface area contributed by atoms with Crippen LogP contribution in [0.25, 0.3) is 0 Å². The first kappa shape index (κ1) is 15.7. The van der Waals surface area contributed by atoms with E-state index in [0.29, 0.717) is 6.54 Å². The van der Waals surface area contributed by atoms with E-state index < -0.39 is 11.8 Å². The van der Waals surface area contributed by atoms with Crippen molar-refractivity contribution in [2.45, 2.75) is 6.04 Å². The maximum Gasteiger partial charge on any atom is 0.314 e. The average Bonchev–Trinajstić information content (AvgIpc) is 3.01. The highest BCUT2D eigenvalue weighted by Crippen LogP contribution is 2.16. The minimum absolute atomic E-state index is 0.0231. The molecule has 0 bridgehead atoms. The second kappa shape index (κ2) is 7.37. The highest BCUT2D eigenvalue weighted by molar-refractivity contribution is 6.39. The molecule has 0 saturated carbocycles. The standard InChI is InChI=1S/C15H18N4O3/c1-19(2)12(11-6-4-3-5-7-11)10-16-14(20)15(21)17-13-8-9-22-18-13/h3-9,12H,10H2,1-2H3,(H,16,20)(H,17,18,21)/t12-/m0/s1. The molecule has 1 aromatic heterocycles. The van der Waals surface area contributed by atoms with Gasteiger partial charge >= 0.3 is 11.8 Å². The maximum absolute atomic E-state index is 11.8. The Hall–Kier alpha value is -2.67. The number of likely N-dealkylation sites (N-methyl/N-ethyl adjacent to an activating group) is 1. The number of aromatic nitrogens is 1. The fourth-order valence-electron chi connectivity index (χ4n) is 1.99. The average molecular weight is 302 g/mol. The molecule has 0 saturated heterocycles. The van der Waals surface area contributed by atoms with Crippen LogP contribution in [-0.4, -0.2) is 42.5 Å². The van der Waals surface area contributed by atoms with Crippen LogP contribution in [0.5, 0.6) is 0 Å². The maximum atomic E-state index is 11.8. The highest BCUT2D eigenvalue weighted by Gasteiger charge is 2.19. The number of nitrogens with one attached hydrogen (secondary N) is 2. The third kappa shape index (κ3) is 4.16. The predicted molar refractivity (Wildman–Crippen MR) is 81.0 cm³/mol. The van der Waals surface area contributed by atoms with Gasteiger partial charge in [-0.15, -0.1) is 0 Å². The lowest BCUT2D eigenvalue weighted by molar-refractivity contribution is -0.136.